The third-order valence-electron chi connectivity index (χ3n) is 2.43. The molecule has 0 aliphatic heterocycles. The standard InChI is InChI=1S/C11H11N5O4/c1-20-7-2-3-9(8(4-7)11(18)19)13-10(17)5-16-6-12-14-15-16/h2-4,6H,5H2,1H3,(H,13,17)(H,18,19). The van der Waals surface area contributed by atoms with Crippen LogP contribution in [0.1, 0.15) is 10.4 Å². The minimum absolute atomic E-state index is 0.0607. The van der Waals surface area contributed by atoms with Crippen molar-refractivity contribution in [1.82, 2.24) is 20.2 Å². The van der Waals surface area contributed by atoms with Crippen LogP contribution in [0.25, 0.3) is 0 Å². The summed E-state index contributed by atoms with van der Waals surface area (Å²) in [6.07, 6.45) is 1.28. The maximum absolute atomic E-state index is 11.8. The molecular weight excluding hydrogens is 266 g/mol. The summed E-state index contributed by atoms with van der Waals surface area (Å²) in [5.74, 6) is -1.22. The smallest absolute Gasteiger partial charge is 0.337 e. The van der Waals surface area contributed by atoms with E-state index in [1.807, 2.05) is 0 Å². The molecule has 0 spiro atoms. The highest BCUT2D eigenvalue weighted by molar-refractivity contribution is 6.00. The molecule has 0 saturated carbocycles. The summed E-state index contributed by atoms with van der Waals surface area (Å²) in [6, 6.07) is 4.34. The lowest BCUT2D eigenvalue weighted by Gasteiger charge is -2.09. The number of carbonyl (C=O) groups excluding carboxylic acids is 1. The number of anilines is 1. The van der Waals surface area contributed by atoms with Crippen molar-refractivity contribution in [3.8, 4) is 5.75 Å². The lowest BCUT2D eigenvalue weighted by molar-refractivity contribution is -0.116. The molecule has 104 valence electrons. The van der Waals surface area contributed by atoms with Gasteiger partial charge in [0.2, 0.25) is 5.91 Å². The van der Waals surface area contributed by atoms with Gasteiger partial charge >= 0.3 is 5.97 Å². The number of rotatable bonds is 5. The number of carbonyl (C=O) groups is 2. The molecule has 0 fully saturated rings. The summed E-state index contributed by atoms with van der Waals surface area (Å²) in [5, 5.41) is 21.9. The molecule has 1 aromatic carbocycles. The van der Waals surface area contributed by atoms with E-state index >= 15 is 0 Å². The van der Waals surface area contributed by atoms with Crippen molar-refractivity contribution in [2.24, 2.45) is 0 Å². The third kappa shape index (κ3) is 3.07. The first-order valence-electron chi connectivity index (χ1n) is 5.52. The number of amides is 1. The number of aromatic nitrogens is 4. The van der Waals surface area contributed by atoms with Crippen LogP contribution in [0.15, 0.2) is 24.5 Å². The summed E-state index contributed by atoms with van der Waals surface area (Å²) < 4.78 is 6.17. The second kappa shape index (κ2) is 5.78. The lowest BCUT2D eigenvalue weighted by Crippen LogP contribution is -2.20. The Morgan fingerprint density at radius 1 is 1.45 bits per heavy atom. The van der Waals surface area contributed by atoms with Crippen molar-refractivity contribution in [3.63, 3.8) is 0 Å². The number of carboxylic acids is 1. The van der Waals surface area contributed by atoms with Crippen LogP contribution < -0.4 is 10.1 Å². The van der Waals surface area contributed by atoms with E-state index in [1.54, 1.807) is 6.07 Å². The fourth-order valence-electron chi connectivity index (χ4n) is 1.53. The second-order valence-electron chi connectivity index (χ2n) is 3.77. The van der Waals surface area contributed by atoms with Gasteiger partial charge in [-0.1, -0.05) is 0 Å². The van der Waals surface area contributed by atoms with Gasteiger partial charge in [-0.15, -0.1) is 5.10 Å². The highest BCUT2D eigenvalue weighted by atomic mass is 16.5. The molecule has 2 rings (SSSR count). The summed E-state index contributed by atoms with van der Waals surface area (Å²) in [7, 11) is 1.43. The number of carboxylic acid groups (broad SMARTS) is 1. The van der Waals surface area contributed by atoms with E-state index in [-0.39, 0.29) is 17.8 Å². The van der Waals surface area contributed by atoms with Gasteiger partial charge < -0.3 is 15.2 Å². The average Bonchev–Trinajstić information content (AvgIpc) is 2.91. The third-order valence-corrected chi connectivity index (χ3v) is 2.43. The van der Waals surface area contributed by atoms with Crippen LogP contribution in [0.3, 0.4) is 0 Å². The van der Waals surface area contributed by atoms with E-state index in [4.69, 9.17) is 9.84 Å². The number of nitrogens with one attached hydrogen (secondary N) is 1. The Bertz CT molecular complexity index is 626. The van der Waals surface area contributed by atoms with Crippen molar-refractivity contribution < 1.29 is 19.4 Å². The fourth-order valence-corrected chi connectivity index (χ4v) is 1.53. The summed E-state index contributed by atoms with van der Waals surface area (Å²) >= 11 is 0. The Morgan fingerprint density at radius 3 is 2.85 bits per heavy atom. The largest absolute Gasteiger partial charge is 0.497 e. The first-order chi connectivity index (χ1) is 9.60. The minimum atomic E-state index is -1.17. The Hall–Kier alpha value is -2.97. The predicted molar refractivity (Wildman–Crippen MR) is 66.4 cm³/mol. The van der Waals surface area contributed by atoms with Gasteiger partial charge in [0, 0.05) is 0 Å². The van der Waals surface area contributed by atoms with Gasteiger partial charge in [0.1, 0.15) is 18.6 Å². The molecule has 1 aromatic heterocycles. The zero-order valence-electron chi connectivity index (χ0n) is 10.5. The van der Waals surface area contributed by atoms with Gasteiger partial charge in [0.25, 0.3) is 0 Å². The second-order valence-corrected chi connectivity index (χ2v) is 3.77. The fraction of sp³-hybridized carbons (Fsp3) is 0.182. The zero-order valence-corrected chi connectivity index (χ0v) is 10.5. The van der Waals surface area contributed by atoms with E-state index in [0.29, 0.717) is 5.75 Å². The van der Waals surface area contributed by atoms with Gasteiger partial charge in [-0.05, 0) is 28.6 Å². The van der Waals surface area contributed by atoms with E-state index in [0.717, 1.165) is 0 Å². The SMILES string of the molecule is COc1ccc(NC(=O)Cn2cnnn2)c(C(=O)O)c1. The van der Waals surface area contributed by atoms with Gasteiger partial charge in [-0.25, -0.2) is 9.48 Å². The molecule has 0 radical (unpaired) electrons. The molecule has 9 heteroatoms. The molecule has 1 amide bonds. The topological polar surface area (TPSA) is 119 Å². The quantitative estimate of drug-likeness (QED) is 0.790. The molecule has 0 unspecified atom stereocenters. The van der Waals surface area contributed by atoms with Crippen molar-refractivity contribution in [2.45, 2.75) is 6.54 Å². The predicted octanol–water partition coefficient (Wildman–Crippen LogP) is 0.0186. The Labute approximate surface area is 113 Å². The van der Waals surface area contributed by atoms with Crippen molar-refractivity contribution in [3.05, 3.63) is 30.1 Å². The van der Waals surface area contributed by atoms with Crippen LogP contribution in [0.2, 0.25) is 0 Å². The molecular formula is C11H11N5O4. The van der Waals surface area contributed by atoms with E-state index in [1.165, 1.54) is 30.3 Å². The number of methoxy groups -OCH3 is 1. The molecule has 0 saturated heterocycles. The van der Waals surface area contributed by atoms with E-state index in [9.17, 15) is 9.59 Å². The van der Waals surface area contributed by atoms with Crippen molar-refractivity contribution in [2.75, 3.05) is 12.4 Å². The molecule has 1 heterocycles. The molecule has 2 aromatic rings. The van der Waals surface area contributed by atoms with Crippen LogP contribution in [0, 0.1) is 0 Å². The average molecular weight is 277 g/mol. The lowest BCUT2D eigenvalue weighted by atomic mass is 10.1. The van der Waals surface area contributed by atoms with Crippen LogP contribution in [0.4, 0.5) is 5.69 Å². The number of hydrogen-bond donors (Lipinski definition) is 2. The molecule has 0 bridgehead atoms. The molecule has 0 atom stereocenters. The van der Waals surface area contributed by atoms with Gasteiger partial charge in [0.15, 0.2) is 0 Å². The molecule has 20 heavy (non-hydrogen) atoms. The molecule has 9 nitrogen and oxygen atoms in total. The van der Waals surface area contributed by atoms with E-state index < -0.39 is 11.9 Å². The van der Waals surface area contributed by atoms with Crippen molar-refractivity contribution in [1.29, 1.82) is 0 Å². The van der Waals surface area contributed by atoms with E-state index in [2.05, 4.69) is 20.8 Å². The number of ether oxygens (including phenoxy) is 1. The van der Waals surface area contributed by atoms with Crippen LogP contribution in [-0.2, 0) is 11.3 Å². The highest BCUT2D eigenvalue weighted by Gasteiger charge is 2.14. The maximum Gasteiger partial charge on any atom is 0.337 e. The highest BCUT2D eigenvalue weighted by Crippen LogP contribution is 2.22. The monoisotopic (exact) mass is 277 g/mol. The molecule has 0 aliphatic rings. The minimum Gasteiger partial charge on any atom is -0.497 e. The van der Waals surface area contributed by atoms with Crippen LogP contribution in [-0.4, -0.2) is 44.3 Å². The van der Waals surface area contributed by atoms with Crippen LogP contribution >= 0.6 is 0 Å². The number of benzene rings is 1. The van der Waals surface area contributed by atoms with Gasteiger partial charge in [-0.3, -0.25) is 4.79 Å². The first kappa shape index (κ1) is 13.5. The first-order valence-corrected chi connectivity index (χ1v) is 5.52. The number of tetrazole rings is 1. The zero-order chi connectivity index (χ0) is 14.5. The normalized spacial score (nSPS) is 10.1. The van der Waals surface area contributed by atoms with Crippen molar-refractivity contribution >= 4 is 17.6 Å². The van der Waals surface area contributed by atoms with Gasteiger partial charge in [0.05, 0.1) is 18.4 Å². The Kier molecular flexibility index (Phi) is 3.89. The van der Waals surface area contributed by atoms with Gasteiger partial charge in [-0.2, -0.15) is 0 Å². The maximum atomic E-state index is 11.8. The molecule has 2 N–H and O–H groups in total. The summed E-state index contributed by atoms with van der Waals surface area (Å²) in [6.45, 7) is -0.113. The Balaban J connectivity index is 2.16. The Morgan fingerprint density at radius 2 is 2.25 bits per heavy atom. The summed E-state index contributed by atoms with van der Waals surface area (Å²) in [4.78, 5) is 22.9. The molecule has 0 aliphatic carbocycles. The number of hydrogen-bond acceptors (Lipinski definition) is 6. The summed E-state index contributed by atoms with van der Waals surface area (Å²) in [5.41, 5.74) is 0.116. The number of aromatic carboxylic acids is 1. The van der Waals surface area contributed by atoms with Crippen LogP contribution in [0.5, 0.6) is 5.75 Å². The number of nitrogens with zero attached hydrogens (tertiary/aromatic N) is 4.